The third kappa shape index (κ3) is 2.59. The maximum Gasteiger partial charge on any atom is 0.199 e. The fourth-order valence-electron chi connectivity index (χ4n) is 1.62. The van der Waals surface area contributed by atoms with E-state index in [1.807, 2.05) is 13.1 Å². The summed E-state index contributed by atoms with van der Waals surface area (Å²) in [7, 11) is 1.84. The van der Waals surface area contributed by atoms with Gasteiger partial charge in [-0.15, -0.1) is 0 Å². The zero-order valence-electron chi connectivity index (χ0n) is 10.1. The summed E-state index contributed by atoms with van der Waals surface area (Å²) in [5, 5.41) is 3.06. The first kappa shape index (κ1) is 13.5. The van der Waals surface area contributed by atoms with Crippen molar-refractivity contribution in [1.82, 2.24) is 9.97 Å². The highest BCUT2D eigenvalue weighted by Crippen LogP contribution is 2.31. The highest BCUT2D eigenvalue weighted by atomic mass is 79.9. The largest absolute Gasteiger partial charge is 0.460 e. The van der Waals surface area contributed by atoms with Crippen molar-refractivity contribution in [3.63, 3.8) is 0 Å². The maximum absolute atomic E-state index is 5.41. The molecule has 0 unspecified atom stereocenters. The Hall–Kier alpha value is -0.880. The Morgan fingerprint density at radius 2 is 2.11 bits per heavy atom. The van der Waals surface area contributed by atoms with Crippen molar-refractivity contribution < 1.29 is 4.42 Å². The lowest BCUT2D eigenvalue weighted by Gasteiger charge is -2.09. The molecular formula is C12H13Br2N3O. The molecule has 0 bridgehead atoms. The molecule has 0 amide bonds. The standard InChI is InChI=1S/C12H13Br2N3O/c1-3-4-8-9(14)11(15-2)17-12(16-8)10-7(13)5-6-18-10/h5-6H,3-4H2,1-2H3,(H,15,16,17). The van der Waals surface area contributed by atoms with Gasteiger partial charge in [-0.2, -0.15) is 0 Å². The van der Waals surface area contributed by atoms with E-state index in [0.29, 0.717) is 11.6 Å². The molecule has 2 aromatic heterocycles. The molecule has 1 N–H and O–H groups in total. The van der Waals surface area contributed by atoms with Gasteiger partial charge in [0.1, 0.15) is 5.82 Å². The number of hydrogen-bond acceptors (Lipinski definition) is 4. The molecule has 4 nitrogen and oxygen atoms in total. The molecule has 0 fully saturated rings. The van der Waals surface area contributed by atoms with Crippen molar-refractivity contribution in [2.75, 3.05) is 12.4 Å². The molecule has 0 atom stereocenters. The van der Waals surface area contributed by atoms with Gasteiger partial charge in [-0.3, -0.25) is 0 Å². The van der Waals surface area contributed by atoms with Gasteiger partial charge in [0.15, 0.2) is 11.6 Å². The van der Waals surface area contributed by atoms with Gasteiger partial charge in [-0.05, 0) is 44.3 Å². The van der Waals surface area contributed by atoms with Crippen molar-refractivity contribution in [2.45, 2.75) is 19.8 Å². The van der Waals surface area contributed by atoms with E-state index in [1.54, 1.807) is 6.26 Å². The van der Waals surface area contributed by atoms with Crippen LogP contribution in [0.15, 0.2) is 25.7 Å². The fraction of sp³-hybridized carbons (Fsp3) is 0.333. The Morgan fingerprint density at radius 3 is 2.67 bits per heavy atom. The van der Waals surface area contributed by atoms with Crippen LogP contribution in [0.3, 0.4) is 0 Å². The number of hydrogen-bond donors (Lipinski definition) is 1. The number of nitrogens with zero attached hydrogens (tertiary/aromatic N) is 2. The summed E-state index contributed by atoms with van der Waals surface area (Å²) in [5.41, 5.74) is 0.982. The lowest BCUT2D eigenvalue weighted by atomic mass is 10.2. The van der Waals surface area contributed by atoms with Crippen LogP contribution in [0, 0.1) is 0 Å². The van der Waals surface area contributed by atoms with Gasteiger partial charge in [0.25, 0.3) is 0 Å². The Labute approximate surface area is 122 Å². The highest BCUT2D eigenvalue weighted by molar-refractivity contribution is 9.11. The first-order valence-electron chi connectivity index (χ1n) is 5.64. The number of aryl methyl sites for hydroxylation is 1. The van der Waals surface area contributed by atoms with Crippen LogP contribution in [0.25, 0.3) is 11.6 Å². The summed E-state index contributed by atoms with van der Waals surface area (Å²) in [6, 6.07) is 1.83. The number of anilines is 1. The highest BCUT2D eigenvalue weighted by Gasteiger charge is 2.16. The van der Waals surface area contributed by atoms with Gasteiger partial charge in [0, 0.05) is 7.05 Å². The normalized spacial score (nSPS) is 10.7. The summed E-state index contributed by atoms with van der Waals surface area (Å²) in [6.07, 6.45) is 3.53. The van der Waals surface area contributed by atoms with Gasteiger partial charge in [-0.1, -0.05) is 13.3 Å². The zero-order valence-corrected chi connectivity index (χ0v) is 13.3. The summed E-state index contributed by atoms with van der Waals surface area (Å²) in [6.45, 7) is 2.12. The molecule has 2 rings (SSSR count). The van der Waals surface area contributed by atoms with Crippen LogP contribution >= 0.6 is 31.9 Å². The first-order valence-corrected chi connectivity index (χ1v) is 7.23. The van der Waals surface area contributed by atoms with E-state index < -0.39 is 0 Å². The average molecular weight is 375 g/mol. The molecule has 0 spiro atoms. The third-order valence-corrected chi connectivity index (χ3v) is 3.92. The maximum atomic E-state index is 5.41. The number of rotatable bonds is 4. The molecule has 0 saturated heterocycles. The predicted octanol–water partition coefficient (Wildman–Crippen LogP) is 4.26. The summed E-state index contributed by atoms with van der Waals surface area (Å²) in [4.78, 5) is 9.00. The molecule has 0 radical (unpaired) electrons. The minimum Gasteiger partial charge on any atom is -0.460 e. The van der Waals surface area contributed by atoms with E-state index in [1.165, 1.54) is 0 Å². The lowest BCUT2D eigenvalue weighted by Crippen LogP contribution is -2.03. The molecular weight excluding hydrogens is 362 g/mol. The molecule has 0 saturated carbocycles. The monoisotopic (exact) mass is 373 g/mol. The van der Waals surface area contributed by atoms with Crippen LogP contribution < -0.4 is 5.32 Å². The van der Waals surface area contributed by atoms with Gasteiger partial charge < -0.3 is 9.73 Å². The van der Waals surface area contributed by atoms with E-state index in [4.69, 9.17) is 4.42 Å². The second-order valence-corrected chi connectivity index (χ2v) is 5.40. The number of aromatic nitrogens is 2. The van der Waals surface area contributed by atoms with E-state index in [2.05, 4.69) is 54.1 Å². The number of halogens is 2. The third-order valence-electron chi connectivity index (χ3n) is 2.46. The topological polar surface area (TPSA) is 51.0 Å². The Bertz CT molecular complexity index is 554. The van der Waals surface area contributed by atoms with Crippen molar-refractivity contribution in [1.29, 1.82) is 0 Å². The zero-order chi connectivity index (χ0) is 13.1. The van der Waals surface area contributed by atoms with Crippen LogP contribution in [0.5, 0.6) is 0 Å². The van der Waals surface area contributed by atoms with Crippen molar-refractivity contribution in [3.05, 3.63) is 27.0 Å². The van der Waals surface area contributed by atoms with E-state index in [-0.39, 0.29) is 0 Å². The van der Waals surface area contributed by atoms with Crippen LogP contribution in [0.4, 0.5) is 5.82 Å². The smallest absolute Gasteiger partial charge is 0.199 e. The van der Waals surface area contributed by atoms with Gasteiger partial charge >= 0.3 is 0 Å². The Morgan fingerprint density at radius 1 is 1.33 bits per heavy atom. The Balaban J connectivity index is 2.55. The van der Waals surface area contributed by atoms with Crippen molar-refractivity contribution in [2.24, 2.45) is 0 Å². The molecule has 0 aliphatic rings. The molecule has 0 aliphatic heterocycles. The molecule has 6 heteroatoms. The predicted molar refractivity (Wildman–Crippen MR) is 78.7 cm³/mol. The number of furan rings is 1. The second-order valence-electron chi connectivity index (χ2n) is 3.75. The summed E-state index contributed by atoms with van der Waals surface area (Å²) in [5.74, 6) is 2.01. The van der Waals surface area contributed by atoms with Crippen molar-refractivity contribution in [3.8, 4) is 11.6 Å². The van der Waals surface area contributed by atoms with E-state index in [9.17, 15) is 0 Å². The van der Waals surface area contributed by atoms with Gasteiger partial charge in [-0.25, -0.2) is 9.97 Å². The number of nitrogens with one attached hydrogen (secondary N) is 1. The first-order chi connectivity index (χ1) is 8.67. The molecule has 0 aliphatic carbocycles. The second kappa shape index (κ2) is 5.84. The average Bonchev–Trinajstić information content (AvgIpc) is 2.78. The molecule has 0 aromatic carbocycles. The van der Waals surface area contributed by atoms with Crippen LogP contribution in [0.2, 0.25) is 0 Å². The van der Waals surface area contributed by atoms with E-state index >= 15 is 0 Å². The van der Waals surface area contributed by atoms with E-state index in [0.717, 1.165) is 33.3 Å². The minimum atomic E-state index is 0.586. The fourth-order valence-corrected chi connectivity index (χ4v) is 2.57. The molecule has 2 aromatic rings. The minimum absolute atomic E-state index is 0.586. The van der Waals surface area contributed by atoms with Crippen LogP contribution in [-0.4, -0.2) is 17.0 Å². The van der Waals surface area contributed by atoms with Crippen LogP contribution in [-0.2, 0) is 6.42 Å². The summed E-state index contributed by atoms with van der Waals surface area (Å²) < 4.78 is 7.18. The van der Waals surface area contributed by atoms with Gasteiger partial charge in [0.2, 0.25) is 0 Å². The lowest BCUT2D eigenvalue weighted by molar-refractivity contribution is 0.575. The van der Waals surface area contributed by atoms with Crippen LogP contribution in [0.1, 0.15) is 19.0 Å². The molecule has 96 valence electrons. The molecule has 18 heavy (non-hydrogen) atoms. The van der Waals surface area contributed by atoms with Gasteiger partial charge in [0.05, 0.1) is 20.9 Å². The Kier molecular flexibility index (Phi) is 4.40. The van der Waals surface area contributed by atoms with Crippen molar-refractivity contribution >= 4 is 37.7 Å². The summed E-state index contributed by atoms with van der Waals surface area (Å²) >= 11 is 6.95. The molecule has 2 heterocycles. The quantitative estimate of drug-likeness (QED) is 0.868. The SMILES string of the molecule is CCCc1nc(-c2occc2Br)nc(NC)c1Br.